The predicted molar refractivity (Wildman–Crippen MR) is 77.8 cm³/mol. The lowest BCUT2D eigenvalue weighted by molar-refractivity contribution is 0.120. The van der Waals surface area contributed by atoms with Crippen LogP contribution in [-0.4, -0.2) is 29.5 Å². The van der Waals surface area contributed by atoms with E-state index in [1.807, 2.05) is 24.3 Å². The number of ether oxygens (including phenoxy) is 1. The summed E-state index contributed by atoms with van der Waals surface area (Å²) >= 11 is 7.66. The van der Waals surface area contributed by atoms with Crippen LogP contribution in [0.25, 0.3) is 10.6 Å². The molecule has 6 heteroatoms. The van der Waals surface area contributed by atoms with E-state index in [0.29, 0.717) is 11.1 Å². The summed E-state index contributed by atoms with van der Waals surface area (Å²) < 4.78 is 5.56. The van der Waals surface area contributed by atoms with Crippen molar-refractivity contribution >= 4 is 28.1 Å². The first-order valence-electron chi connectivity index (χ1n) is 6.27. The molecule has 0 saturated carbocycles. The smallest absolute Gasteiger partial charge is 0.206 e. The van der Waals surface area contributed by atoms with Crippen LogP contribution < -0.4 is 5.32 Å². The van der Waals surface area contributed by atoms with Crippen LogP contribution in [0.15, 0.2) is 24.3 Å². The number of aromatic nitrogens is 2. The van der Waals surface area contributed by atoms with Gasteiger partial charge in [-0.25, -0.2) is 0 Å². The number of anilines is 1. The Kier molecular flexibility index (Phi) is 3.96. The van der Waals surface area contributed by atoms with Gasteiger partial charge in [0.2, 0.25) is 5.13 Å². The maximum Gasteiger partial charge on any atom is 0.206 e. The fraction of sp³-hybridized carbons (Fsp3) is 0.385. The van der Waals surface area contributed by atoms with Crippen LogP contribution in [0.3, 0.4) is 0 Å². The summed E-state index contributed by atoms with van der Waals surface area (Å²) in [7, 11) is 0. The molecule has 0 radical (unpaired) electrons. The van der Waals surface area contributed by atoms with Gasteiger partial charge in [-0.05, 0) is 18.9 Å². The lowest BCUT2D eigenvalue weighted by Gasteiger charge is -2.08. The summed E-state index contributed by atoms with van der Waals surface area (Å²) in [5, 5.41) is 13.9. The Morgan fingerprint density at radius 2 is 2.26 bits per heavy atom. The van der Waals surface area contributed by atoms with Crippen LogP contribution in [0.5, 0.6) is 0 Å². The molecule has 1 N–H and O–H groups in total. The standard InChI is InChI=1S/C13H14ClN3OS/c14-11-6-2-1-5-10(11)12-16-17-13(19-12)15-8-9-4-3-7-18-9/h1-2,5-6,9H,3-4,7-8H2,(H,15,17). The van der Waals surface area contributed by atoms with Gasteiger partial charge in [0.05, 0.1) is 11.1 Å². The SMILES string of the molecule is Clc1ccccc1-c1nnc(NCC2CCCO2)s1. The molecule has 2 heterocycles. The van der Waals surface area contributed by atoms with Gasteiger partial charge in [-0.1, -0.05) is 41.1 Å². The second-order valence-corrected chi connectivity index (χ2v) is 5.79. The van der Waals surface area contributed by atoms with Gasteiger partial charge in [0.1, 0.15) is 0 Å². The third-order valence-corrected chi connectivity index (χ3v) is 4.28. The molecule has 3 rings (SSSR count). The highest BCUT2D eigenvalue weighted by atomic mass is 35.5. The fourth-order valence-electron chi connectivity index (χ4n) is 2.04. The Morgan fingerprint density at radius 3 is 3.05 bits per heavy atom. The molecule has 0 aliphatic carbocycles. The van der Waals surface area contributed by atoms with Crippen molar-refractivity contribution in [1.29, 1.82) is 0 Å². The first-order valence-corrected chi connectivity index (χ1v) is 7.46. The van der Waals surface area contributed by atoms with E-state index in [9.17, 15) is 0 Å². The largest absolute Gasteiger partial charge is 0.376 e. The quantitative estimate of drug-likeness (QED) is 0.938. The van der Waals surface area contributed by atoms with Crippen LogP contribution in [0.2, 0.25) is 5.02 Å². The number of halogens is 1. The highest BCUT2D eigenvalue weighted by Gasteiger charge is 2.16. The van der Waals surface area contributed by atoms with Crippen molar-refractivity contribution in [3.05, 3.63) is 29.3 Å². The van der Waals surface area contributed by atoms with Crippen molar-refractivity contribution < 1.29 is 4.74 Å². The number of hydrogen-bond acceptors (Lipinski definition) is 5. The van der Waals surface area contributed by atoms with Gasteiger partial charge < -0.3 is 10.1 Å². The average Bonchev–Trinajstić information content (AvgIpc) is 3.08. The van der Waals surface area contributed by atoms with Crippen LogP contribution in [0.4, 0.5) is 5.13 Å². The van der Waals surface area contributed by atoms with Crippen LogP contribution >= 0.6 is 22.9 Å². The third kappa shape index (κ3) is 3.05. The Morgan fingerprint density at radius 1 is 1.37 bits per heavy atom. The summed E-state index contributed by atoms with van der Waals surface area (Å²) in [6, 6.07) is 7.66. The minimum absolute atomic E-state index is 0.299. The minimum Gasteiger partial charge on any atom is -0.376 e. The van der Waals surface area contributed by atoms with Crippen molar-refractivity contribution in [2.45, 2.75) is 18.9 Å². The first kappa shape index (κ1) is 12.8. The molecule has 1 unspecified atom stereocenters. The third-order valence-electron chi connectivity index (χ3n) is 3.03. The van der Waals surface area contributed by atoms with E-state index in [1.54, 1.807) is 0 Å². The van der Waals surface area contributed by atoms with Gasteiger partial charge in [-0.2, -0.15) is 0 Å². The first-order chi connectivity index (χ1) is 9.33. The highest BCUT2D eigenvalue weighted by Crippen LogP contribution is 2.31. The van der Waals surface area contributed by atoms with E-state index in [-0.39, 0.29) is 0 Å². The van der Waals surface area contributed by atoms with Gasteiger partial charge in [0.15, 0.2) is 5.01 Å². The Hall–Kier alpha value is -1.17. The molecule has 1 fully saturated rings. The summed E-state index contributed by atoms with van der Waals surface area (Å²) in [5.74, 6) is 0. The molecule has 1 saturated heterocycles. The van der Waals surface area contributed by atoms with E-state index < -0.39 is 0 Å². The van der Waals surface area contributed by atoms with Gasteiger partial charge in [0.25, 0.3) is 0 Å². The van der Waals surface area contributed by atoms with Crippen LogP contribution in [-0.2, 0) is 4.74 Å². The summed E-state index contributed by atoms with van der Waals surface area (Å²) in [5.41, 5.74) is 0.923. The Bertz CT molecular complexity index is 554. The molecular formula is C13H14ClN3OS. The van der Waals surface area contributed by atoms with Crippen molar-refractivity contribution in [1.82, 2.24) is 10.2 Å². The monoisotopic (exact) mass is 295 g/mol. The topological polar surface area (TPSA) is 47.0 Å². The van der Waals surface area contributed by atoms with E-state index >= 15 is 0 Å². The maximum atomic E-state index is 6.15. The maximum absolute atomic E-state index is 6.15. The molecule has 1 aromatic carbocycles. The van der Waals surface area contributed by atoms with E-state index in [2.05, 4.69) is 15.5 Å². The molecule has 19 heavy (non-hydrogen) atoms. The molecule has 1 aromatic heterocycles. The van der Waals surface area contributed by atoms with E-state index in [1.165, 1.54) is 11.3 Å². The van der Waals surface area contributed by atoms with Crippen molar-refractivity contribution in [3.63, 3.8) is 0 Å². The van der Waals surface area contributed by atoms with Gasteiger partial charge in [-0.3, -0.25) is 0 Å². The molecule has 2 aromatic rings. The summed E-state index contributed by atoms with van der Waals surface area (Å²) in [4.78, 5) is 0. The minimum atomic E-state index is 0.299. The van der Waals surface area contributed by atoms with Gasteiger partial charge >= 0.3 is 0 Å². The predicted octanol–water partition coefficient (Wildman–Crippen LogP) is 3.45. The lowest BCUT2D eigenvalue weighted by atomic mass is 10.2. The summed E-state index contributed by atoms with van der Waals surface area (Å²) in [6.45, 7) is 1.66. The number of rotatable bonds is 4. The number of nitrogens with one attached hydrogen (secondary N) is 1. The van der Waals surface area contributed by atoms with E-state index in [0.717, 1.165) is 41.7 Å². The summed E-state index contributed by atoms with van der Waals surface area (Å²) in [6.07, 6.45) is 2.56. The van der Waals surface area contributed by atoms with Gasteiger partial charge in [0, 0.05) is 18.7 Å². The number of nitrogens with zero attached hydrogens (tertiary/aromatic N) is 2. The molecule has 1 atom stereocenters. The van der Waals surface area contributed by atoms with Crippen LogP contribution in [0.1, 0.15) is 12.8 Å². The zero-order valence-corrected chi connectivity index (χ0v) is 11.9. The zero-order chi connectivity index (χ0) is 13.1. The average molecular weight is 296 g/mol. The molecule has 0 bridgehead atoms. The molecule has 1 aliphatic heterocycles. The van der Waals surface area contributed by atoms with Gasteiger partial charge in [-0.15, -0.1) is 10.2 Å². The lowest BCUT2D eigenvalue weighted by Crippen LogP contribution is -2.18. The number of benzene rings is 1. The molecule has 0 amide bonds. The molecular weight excluding hydrogens is 282 g/mol. The molecule has 1 aliphatic rings. The van der Waals surface area contributed by atoms with Crippen LogP contribution in [0, 0.1) is 0 Å². The second-order valence-electron chi connectivity index (χ2n) is 4.41. The molecule has 100 valence electrons. The molecule has 4 nitrogen and oxygen atoms in total. The van der Waals surface area contributed by atoms with E-state index in [4.69, 9.17) is 16.3 Å². The fourth-order valence-corrected chi connectivity index (χ4v) is 3.12. The Balaban J connectivity index is 1.67. The number of hydrogen-bond donors (Lipinski definition) is 1. The van der Waals surface area contributed by atoms with Crippen molar-refractivity contribution in [3.8, 4) is 10.6 Å². The Labute approximate surface area is 120 Å². The van der Waals surface area contributed by atoms with Crippen molar-refractivity contribution in [2.75, 3.05) is 18.5 Å². The second kappa shape index (κ2) is 5.86. The molecule has 0 spiro atoms. The zero-order valence-electron chi connectivity index (χ0n) is 10.3. The highest BCUT2D eigenvalue weighted by molar-refractivity contribution is 7.18. The van der Waals surface area contributed by atoms with Crippen molar-refractivity contribution in [2.24, 2.45) is 0 Å². The normalized spacial score (nSPS) is 18.7.